The van der Waals surface area contributed by atoms with Gasteiger partial charge in [0.1, 0.15) is 0 Å². The molecular weight excluding hydrogens is 284 g/mol. The zero-order valence-electron chi connectivity index (χ0n) is 13.0. The fourth-order valence-electron chi connectivity index (χ4n) is 3.27. The van der Waals surface area contributed by atoms with Crippen LogP contribution in [0.5, 0.6) is 0 Å². The topological polar surface area (TPSA) is 55.1 Å². The third-order valence-electron chi connectivity index (χ3n) is 5.23. The van der Waals surface area contributed by atoms with Crippen molar-refractivity contribution < 1.29 is 4.79 Å². The molecule has 3 N–H and O–H groups in total. The molecule has 3 unspecified atom stereocenters. The Morgan fingerprint density at radius 3 is 2.71 bits per heavy atom. The molecule has 21 heavy (non-hydrogen) atoms. The van der Waals surface area contributed by atoms with E-state index in [1.807, 2.05) is 24.3 Å². The molecule has 0 heterocycles. The van der Waals surface area contributed by atoms with Crippen molar-refractivity contribution in [1.82, 2.24) is 5.32 Å². The number of hydrogen-bond donors (Lipinski definition) is 2. The molecule has 1 aromatic rings. The summed E-state index contributed by atoms with van der Waals surface area (Å²) in [5.74, 6) is 0.454. The van der Waals surface area contributed by atoms with Gasteiger partial charge in [-0.1, -0.05) is 50.6 Å². The standard InChI is InChI=1S/C17H25ClN2O/c1-11-15(19)9-8-13(17(11,2)3)16(21)20-10-12-6-4-5-7-14(12)18/h4-7,11,13,15H,8-10,19H2,1-3H3,(H,20,21). The summed E-state index contributed by atoms with van der Waals surface area (Å²) in [5, 5.41) is 3.73. The number of benzene rings is 1. The van der Waals surface area contributed by atoms with Crippen LogP contribution in [-0.2, 0) is 11.3 Å². The quantitative estimate of drug-likeness (QED) is 0.899. The molecule has 0 aromatic heterocycles. The summed E-state index contributed by atoms with van der Waals surface area (Å²) < 4.78 is 0. The summed E-state index contributed by atoms with van der Waals surface area (Å²) in [6, 6.07) is 7.79. The highest BCUT2D eigenvalue weighted by Crippen LogP contribution is 2.44. The van der Waals surface area contributed by atoms with Crippen LogP contribution >= 0.6 is 11.6 Å². The van der Waals surface area contributed by atoms with Crippen LogP contribution in [0.15, 0.2) is 24.3 Å². The Kier molecular flexibility index (Phi) is 4.95. The third kappa shape index (κ3) is 3.41. The van der Waals surface area contributed by atoms with E-state index < -0.39 is 0 Å². The first-order valence-corrected chi connectivity index (χ1v) is 7.98. The van der Waals surface area contributed by atoms with E-state index in [1.54, 1.807) is 0 Å². The molecule has 0 bridgehead atoms. The third-order valence-corrected chi connectivity index (χ3v) is 5.60. The summed E-state index contributed by atoms with van der Waals surface area (Å²) in [4.78, 5) is 12.6. The fraction of sp³-hybridized carbons (Fsp3) is 0.588. The van der Waals surface area contributed by atoms with E-state index in [2.05, 4.69) is 26.1 Å². The minimum Gasteiger partial charge on any atom is -0.352 e. The van der Waals surface area contributed by atoms with Crippen molar-refractivity contribution in [2.45, 2.75) is 46.2 Å². The largest absolute Gasteiger partial charge is 0.352 e. The molecule has 1 fully saturated rings. The zero-order valence-corrected chi connectivity index (χ0v) is 13.8. The maximum atomic E-state index is 12.6. The van der Waals surface area contributed by atoms with E-state index >= 15 is 0 Å². The van der Waals surface area contributed by atoms with E-state index in [1.165, 1.54) is 0 Å². The molecule has 0 aliphatic heterocycles. The minimum absolute atomic E-state index is 0.00906. The Morgan fingerprint density at radius 1 is 1.38 bits per heavy atom. The highest BCUT2D eigenvalue weighted by atomic mass is 35.5. The summed E-state index contributed by atoms with van der Waals surface area (Å²) in [6.45, 7) is 6.93. The Bertz CT molecular complexity index is 515. The Balaban J connectivity index is 2.02. The van der Waals surface area contributed by atoms with Crippen molar-refractivity contribution in [2.75, 3.05) is 0 Å². The van der Waals surface area contributed by atoms with Gasteiger partial charge in [-0.05, 0) is 35.8 Å². The molecular formula is C17H25ClN2O. The van der Waals surface area contributed by atoms with Gasteiger partial charge in [0.2, 0.25) is 5.91 Å². The van der Waals surface area contributed by atoms with E-state index in [9.17, 15) is 4.79 Å². The summed E-state index contributed by atoms with van der Waals surface area (Å²) in [7, 11) is 0. The van der Waals surface area contributed by atoms with E-state index in [0.29, 0.717) is 17.5 Å². The monoisotopic (exact) mass is 308 g/mol. The number of carbonyl (C=O) groups is 1. The molecule has 1 aliphatic rings. The summed E-state index contributed by atoms with van der Waals surface area (Å²) >= 11 is 6.12. The molecule has 3 nitrogen and oxygen atoms in total. The smallest absolute Gasteiger partial charge is 0.223 e. The van der Waals surface area contributed by atoms with Gasteiger partial charge in [0.25, 0.3) is 0 Å². The fourth-order valence-corrected chi connectivity index (χ4v) is 3.47. The molecule has 1 aliphatic carbocycles. The van der Waals surface area contributed by atoms with Gasteiger partial charge in [-0.2, -0.15) is 0 Å². The second kappa shape index (κ2) is 6.37. The van der Waals surface area contributed by atoms with Crippen molar-refractivity contribution in [3.63, 3.8) is 0 Å². The Labute approximate surface area is 132 Å². The van der Waals surface area contributed by atoms with Gasteiger partial charge in [0, 0.05) is 23.5 Å². The number of nitrogens with two attached hydrogens (primary N) is 1. The van der Waals surface area contributed by atoms with E-state index in [0.717, 1.165) is 18.4 Å². The molecule has 116 valence electrons. The molecule has 4 heteroatoms. The lowest BCUT2D eigenvalue weighted by Crippen LogP contribution is -2.51. The average Bonchev–Trinajstić information content (AvgIpc) is 2.44. The normalized spacial score (nSPS) is 28.1. The predicted molar refractivity (Wildman–Crippen MR) is 86.9 cm³/mol. The first kappa shape index (κ1) is 16.3. The van der Waals surface area contributed by atoms with Crippen LogP contribution in [0.2, 0.25) is 5.02 Å². The first-order chi connectivity index (χ1) is 9.84. The van der Waals surface area contributed by atoms with Crippen LogP contribution in [-0.4, -0.2) is 11.9 Å². The molecule has 1 amide bonds. The van der Waals surface area contributed by atoms with Crippen molar-refractivity contribution >= 4 is 17.5 Å². The van der Waals surface area contributed by atoms with Gasteiger partial charge in [-0.15, -0.1) is 0 Å². The average molecular weight is 309 g/mol. The van der Waals surface area contributed by atoms with Gasteiger partial charge < -0.3 is 11.1 Å². The van der Waals surface area contributed by atoms with Crippen molar-refractivity contribution in [2.24, 2.45) is 23.0 Å². The molecule has 0 saturated heterocycles. The van der Waals surface area contributed by atoms with Gasteiger partial charge >= 0.3 is 0 Å². The molecule has 3 atom stereocenters. The molecule has 1 aromatic carbocycles. The number of carbonyl (C=O) groups excluding carboxylic acids is 1. The second-order valence-electron chi connectivity index (χ2n) is 6.71. The van der Waals surface area contributed by atoms with Crippen molar-refractivity contribution in [3.8, 4) is 0 Å². The zero-order chi connectivity index (χ0) is 15.6. The lowest BCUT2D eigenvalue weighted by Gasteiger charge is -2.46. The SMILES string of the molecule is CC1C(N)CCC(C(=O)NCc2ccccc2Cl)C1(C)C. The highest BCUT2D eigenvalue weighted by molar-refractivity contribution is 6.31. The van der Waals surface area contributed by atoms with Crippen LogP contribution in [0, 0.1) is 17.3 Å². The van der Waals surface area contributed by atoms with Gasteiger partial charge in [0.15, 0.2) is 0 Å². The predicted octanol–water partition coefficient (Wildman–Crippen LogP) is 3.36. The lowest BCUT2D eigenvalue weighted by atomic mass is 9.61. The maximum Gasteiger partial charge on any atom is 0.223 e. The molecule has 0 radical (unpaired) electrons. The van der Waals surface area contributed by atoms with Crippen LogP contribution in [0.25, 0.3) is 0 Å². The van der Waals surface area contributed by atoms with Crippen LogP contribution in [0.1, 0.15) is 39.2 Å². The Hall–Kier alpha value is -1.06. The lowest BCUT2D eigenvalue weighted by molar-refractivity contribution is -0.132. The van der Waals surface area contributed by atoms with Crippen molar-refractivity contribution in [1.29, 1.82) is 0 Å². The molecule has 2 rings (SSSR count). The van der Waals surface area contributed by atoms with Crippen LogP contribution in [0.4, 0.5) is 0 Å². The minimum atomic E-state index is -0.0811. The van der Waals surface area contributed by atoms with Gasteiger partial charge in [-0.25, -0.2) is 0 Å². The number of amides is 1. The van der Waals surface area contributed by atoms with Crippen molar-refractivity contribution in [3.05, 3.63) is 34.9 Å². The van der Waals surface area contributed by atoms with Gasteiger partial charge in [0.05, 0.1) is 0 Å². The molecule has 1 saturated carbocycles. The Morgan fingerprint density at radius 2 is 2.05 bits per heavy atom. The number of rotatable bonds is 3. The number of halogens is 1. The van der Waals surface area contributed by atoms with Gasteiger partial charge in [-0.3, -0.25) is 4.79 Å². The second-order valence-corrected chi connectivity index (χ2v) is 7.12. The van der Waals surface area contributed by atoms with E-state index in [-0.39, 0.29) is 23.3 Å². The maximum absolute atomic E-state index is 12.6. The van der Waals surface area contributed by atoms with E-state index in [4.69, 9.17) is 17.3 Å². The van der Waals surface area contributed by atoms with Crippen LogP contribution < -0.4 is 11.1 Å². The first-order valence-electron chi connectivity index (χ1n) is 7.60. The molecule has 0 spiro atoms. The highest BCUT2D eigenvalue weighted by Gasteiger charge is 2.44. The van der Waals surface area contributed by atoms with Crippen LogP contribution in [0.3, 0.4) is 0 Å². The number of nitrogens with one attached hydrogen (secondary N) is 1. The summed E-state index contributed by atoms with van der Waals surface area (Å²) in [5.41, 5.74) is 7.02. The number of hydrogen-bond acceptors (Lipinski definition) is 2. The summed E-state index contributed by atoms with van der Waals surface area (Å²) in [6.07, 6.45) is 1.77.